The lowest BCUT2D eigenvalue weighted by atomic mass is 10.1. The Morgan fingerprint density at radius 2 is 2.00 bits per heavy atom. The van der Waals surface area contributed by atoms with Crippen LogP contribution >= 0.6 is 0 Å². The summed E-state index contributed by atoms with van der Waals surface area (Å²) in [4.78, 5) is 16.8. The lowest BCUT2D eigenvalue weighted by Crippen LogP contribution is -3.06. The van der Waals surface area contributed by atoms with Gasteiger partial charge >= 0.3 is 0 Å². The summed E-state index contributed by atoms with van der Waals surface area (Å²) in [5.41, 5.74) is 2.46. The molecule has 0 fully saturated rings. The molecule has 0 radical (unpaired) electrons. The van der Waals surface area contributed by atoms with E-state index >= 15 is 0 Å². The Morgan fingerprint density at radius 3 is 2.58 bits per heavy atom. The molecule has 0 saturated carbocycles. The summed E-state index contributed by atoms with van der Waals surface area (Å²) in [5, 5.41) is 10.9. The van der Waals surface area contributed by atoms with Crippen LogP contribution < -0.4 is 9.80 Å². The van der Waals surface area contributed by atoms with Crippen molar-refractivity contribution >= 4 is 11.4 Å². The number of anilines is 1. The molecular weight excluding hydrogens is 304 g/mol. The number of fused-ring (bicyclic) bond motifs is 1. The van der Waals surface area contributed by atoms with Crippen LogP contribution in [0.1, 0.15) is 26.3 Å². The highest BCUT2D eigenvalue weighted by molar-refractivity contribution is 5.62. The van der Waals surface area contributed by atoms with Crippen LogP contribution in [0, 0.1) is 10.1 Å². The maximum absolute atomic E-state index is 10.9. The van der Waals surface area contributed by atoms with Crippen LogP contribution in [0.3, 0.4) is 0 Å². The van der Waals surface area contributed by atoms with E-state index in [-0.39, 0.29) is 10.6 Å². The van der Waals surface area contributed by atoms with Gasteiger partial charge in [0.1, 0.15) is 0 Å². The van der Waals surface area contributed by atoms with Crippen molar-refractivity contribution in [2.45, 2.75) is 27.2 Å². The number of benzene rings is 1. The summed E-state index contributed by atoms with van der Waals surface area (Å²) < 4.78 is 0. The highest BCUT2D eigenvalue weighted by Crippen LogP contribution is 2.31. The fourth-order valence-corrected chi connectivity index (χ4v) is 2.85. The Labute approximate surface area is 146 Å². The second-order valence-electron chi connectivity index (χ2n) is 6.20. The Bertz CT molecular complexity index is 520. The molecule has 0 unspecified atom stereocenters. The lowest BCUT2D eigenvalue weighted by Gasteiger charge is -2.26. The molecule has 2 rings (SSSR count). The van der Waals surface area contributed by atoms with Crippen molar-refractivity contribution in [2.75, 3.05) is 58.3 Å². The summed E-state index contributed by atoms with van der Waals surface area (Å²) in [6.07, 6.45) is 0.987. The van der Waals surface area contributed by atoms with E-state index in [1.54, 1.807) is 12.1 Å². The van der Waals surface area contributed by atoms with E-state index in [1.807, 2.05) is 19.9 Å². The zero-order chi connectivity index (χ0) is 18.1. The number of non-ortho nitro benzene ring substituents is 1. The van der Waals surface area contributed by atoms with Crippen LogP contribution in [-0.4, -0.2) is 63.2 Å². The van der Waals surface area contributed by atoms with E-state index in [9.17, 15) is 10.1 Å². The van der Waals surface area contributed by atoms with Crippen LogP contribution in [0.15, 0.2) is 18.2 Å². The molecule has 1 aliphatic heterocycles. The fraction of sp³-hybridized carbons (Fsp3) is 0.667. The topological polar surface area (TPSA) is 54.1 Å². The van der Waals surface area contributed by atoms with Crippen molar-refractivity contribution in [1.82, 2.24) is 4.90 Å². The molecule has 1 heterocycles. The number of nitrogens with zero attached hydrogens (tertiary/aromatic N) is 3. The van der Waals surface area contributed by atoms with E-state index in [2.05, 4.69) is 30.8 Å². The predicted molar refractivity (Wildman–Crippen MR) is 100 cm³/mol. The van der Waals surface area contributed by atoms with E-state index in [0.29, 0.717) is 0 Å². The number of nitro groups is 1. The normalized spacial score (nSPS) is 13.0. The second-order valence-corrected chi connectivity index (χ2v) is 6.20. The van der Waals surface area contributed by atoms with Crippen LogP contribution in [0.4, 0.5) is 11.4 Å². The van der Waals surface area contributed by atoms with Crippen LogP contribution in [0.2, 0.25) is 0 Å². The summed E-state index contributed by atoms with van der Waals surface area (Å²) in [7, 11) is 4.34. The van der Waals surface area contributed by atoms with Gasteiger partial charge in [0.2, 0.25) is 0 Å². The minimum absolute atomic E-state index is 0.189. The molecular formula is C18H33N4O2+. The van der Waals surface area contributed by atoms with Gasteiger partial charge in [-0.25, -0.2) is 0 Å². The first kappa shape index (κ1) is 20.4. The van der Waals surface area contributed by atoms with Gasteiger partial charge in [0.05, 0.1) is 25.6 Å². The first-order chi connectivity index (χ1) is 11.5. The van der Waals surface area contributed by atoms with Crippen LogP contribution in [0.25, 0.3) is 0 Å². The molecule has 24 heavy (non-hydrogen) atoms. The third-order valence-electron chi connectivity index (χ3n) is 4.33. The lowest BCUT2D eigenvalue weighted by molar-refractivity contribution is -0.857. The van der Waals surface area contributed by atoms with Gasteiger partial charge in [0, 0.05) is 44.0 Å². The zero-order valence-electron chi connectivity index (χ0n) is 15.8. The minimum Gasteiger partial charge on any atom is -0.369 e. The van der Waals surface area contributed by atoms with Crippen LogP contribution in [0.5, 0.6) is 0 Å². The first-order valence-corrected chi connectivity index (χ1v) is 9.05. The van der Waals surface area contributed by atoms with E-state index < -0.39 is 0 Å². The van der Waals surface area contributed by atoms with Gasteiger partial charge in [0.25, 0.3) is 5.69 Å². The average Bonchev–Trinajstić information content (AvgIpc) is 2.99. The smallest absolute Gasteiger partial charge is 0.271 e. The standard InChI is InChI=1S/C16H26N4O2.C2H6/c1-4-18(10-9-17(2)3)11-12-19-8-7-14-5-6-15(20(21)22)13-16(14)19;1-2/h5-6,13H,4,7-12H2,1-3H3;1-2H3/p+1. The number of hydrogen-bond acceptors (Lipinski definition) is 4. The van der Waals surface area contributed by atoms with Gasteiger partial charge in [-0.2, -0.15) is 0 Å². The summed E-state index contributed by atoms with van der Waals surface area (Å²) in [5.74, 6) is 0. The SMILES string of the molecule is CC.CCN(CCN1CCc2ccc([N+](=O)[O-])cc21)CC[NH+](C)C. The highest BCUT2D eigenvalue weighted by atomic mass is 16.6. The third-order valence-corrected chi connectivity index (χ3v) is 4.33. The molecule has 6 heteroatoms. The molecule has 136 valence electrons. The molecule has 0 atom stereocenters. The predicted octanol–water partition coefficient (Wildman–Crippen LogP) is 1.45. The molecule has 0 saturated heterocycles. The molecule has 0 aromatic heterocycles. The quantitative estimate of drug-likeness (QED) is 0.576. The molecule has 1 aromatic rings. The first-order valence-electron chi connectivity index (χ1n) is 9.05. The van der Waals surface area contributed by atoms with Gasteiger partial charge < -0.3 is 9.80 Å². The summed E-state index contributed by atoms with van der Waals surface area (Å²) >= 11 is 0. The van der Waals surface area contributed by atoms with Gasteiger partial charge in [-0.3, -0.25) is 15.0 Å². The number of rotatable bonds is 8. The van der Waals surface area contributed by atoms with Crippen molar-refractivity contribution < 1.29 is 9.82 Å². The molecule has 0 amide bonds. The fourth-order valence-electron chi connectivity index (χ4n) is 2.85. The van der Waals surface area contributed by atoms with Crippen molar-refractivity contribution in [2.24, 2.45) is 0 Å². The summed E-state index contributed by atoms with van der Waals surface area (Å²) in [6.45, 7) is 12.4. The number of hydrogen-bond donors (Lipinski definition) is 1. The minimum atomic E-state index is -0.311. The number of likely N-dealkylation sites (N-methyl/N-ethyl adjacent to an activating group) is 2. The maximum atomic E-state index is 10.9. The number of nitro benzene ring substituents is 1. The van der Waals surface area contributed by atoms with E-state index in [0.717, 1.165) is 51.4 Å². The van der Waals surface area contributed by atoms with Crippen molar-refractivity contribution in [3.8, 4) is 0 Å². The maximum Gasteiger partial charge on any atom is 0.271 e. The van der Waals surface area contributed by atoms with E-state index in [1.165, 1.54) is 10.5 Å². The van der Waals surface area contributed by atoms with Gasteiger partial charge in [0.15, 0.2) is 0 Å². The Kier molecular flexibility index (Phi) is 8.71. The molecule has 0 spiro atoms. The Hall–Kier alpha value is -1.66. The van der Waals surface area contributed by atoms with Gasteiger partial charge in [-0.05, 0) is 18.5 Å². The molecule has 0 aliphatic carbocycles. The Morgan fingerprint density at radius 1 is 1.29 bits per heavy atom. The average molecular weight is 337 g/mol. The van der Waals surface area contributed by atoms with Crippen molar-refractivity contribution in [1.29, 1.82) is 0 Å². The number of quaternary nitrogens is 1. The Balaban J connectivity index is 0.00000139. The molecule has 0 bridgehead atoms. The third kappa shape index (κ3) is 5.76. The zero-order valence-corrected chi connectivity index (χ0v) is 15.8. The van der Waals surface area contributed by atoms with Crippen molar-refractivity contribution in [3.05, 3.63) is 33.9 Å². The monoisotopic (exact) mass is 337 g/mol. The molecule has 1 aliphatic rings. The second kappa shape index (κ2) is 10.3. The van der Waals surface area contributed by atoms with Gasteiger partial charge in [-0.15, -0.1) is 0 Å². The molecule has 1 N–H and O–H groups in total. The van der Waals surface area contributed by atoms with Gasteiger partial charge in [-0.1, -0.05) is 26.8 Å². The summed E-state index contributed by atoms with van der Waals surface area (Å²) in [6, 6.07) is 5.24. The van der Waals surface area contributed by atoms with Crippen LogP contribution in [-0.2, 0) is 6.42 Å². The number of nitrogens with one attached hydrogen (secondary N) is 1. The van der Waals surface area contributed by atoms with E-state index in [4.69, 9.17) is 0 Å². The molecule has 1 aromatic carbocycles. The largest absolute Gasteiger partial charge is 0.369 e. The molecule has 6 nitrogen and oxygen atoms in total. The van der Waals surface area contributed by atoms with Crippen molar-refractivity contribution in [3.63, 3.8) is 0 Å². The highest BCUT2D eigenvalue weighted by Gasteiger charge is 2.22.